The molecule has 1 amide bonds. The summed E-state index contributed by atoms with van der Waals surface area (Å²) in [5.41, 5.74) is 7.48. The fourth-order valence-corrected chi connectivity index (χ4v) is 5.62. The second-order valence-corrected chi connectivity index (χ2v) is 10.7. The number of likely N-dealkylation sites (N-methyl/N-ethyl adjacent to an activating group) is 1. The number of piperazine rings is 1. The predicted molar refractivity (Wildman–Crippen MR) is 156 cm³/mol. The van der Waals surface area contributed by atoms with Gasteiger partial charge in [-0.3, -0.25) is 4.79 Å². The van der Waals surface area contributed by atoms with Crippen molar-refractivity contribution in [3.05, 3.63) is 77.2 Å². The number of anilines is 1. The number of fused-ring (bicyclic) bond motifs is 1. The second-order valence-electron chi connectivity index (χ2n) is 10.7. The van der Waals surface area contributed by atoms with Crippen LogP contribution in [-0.2, 0) is 11.2 Å². The van der Waals surface area contributed by atoms with Crippen molar-refractivity contribution in [3.8, 4) is 16.9 Å². The molecule has 2 aliphatic rings. The van der Waals surface area contributed by atoms with Crippen LogP contribution in [0.25, 0.3) is 22.2 Å². The first-order chi connectivity index (χ1) is 19.5. The highest BCUT2D eigenvalue weighted by atomic mass is 16.5. The van der Waals surface area contributed by atoms with E-state index in [1.165, 1.54) is 0 Å². The van der Waals surface area contributed by atoms with Gasteiger partial charge in [-0.25, -0.2) is 4.98 Å². The summed E-state index contributed by atoms with van der Waals surface area (Å²) in [7, 11) is 3.89. The van der Waals surface area contributed by atoms with Crippen LogP contribution < -0.4 is 9.64 Å². The highest BCUT2D eigenvalue weighted by molar-refractivity contribution is 5.97. The molecule has 0 radical (unpaired) electrons. The highest BCUT2D eigenvalue weighted by Crippen LogP contribution is 2.33. The maximum absolute atomic E-state index is 13.1. The van der Waals surface area contributed by atoms with E-state index in [0.717, 1.165) is 76.5 Å². The Morgan fingerprint density at radius 3 is 2.52 bits per heavy atom. The van der Waals surface area contributed by atoms with Gasteiger partial charge in [-0.05, 0) is 54.9 Å². The van der Waals surface area contributed by atoms with Crippen molar-refractivity contribution in [3.63, 3.8) is 0 Å². The van der Waals surface area contributed by atoms with Crippen LogP contribution in [0.3, 0.4) is 0 Å². The smallest absolute Gasteiger partial charge is 0.254 e. The Bertz CT molecular complexity index is 1520. The number of carbonyl (C=O) groups is 1. The van der Waals surface area contributed by atoms with E-state index in [9.17, 15) is 4.79 Å². The standard InChI is InChI=1S/C32H36N4O4/c1-22-19-24(8-9-25(22)32(37)36-15-17-39-18-16-36)26-5-4-6-27-31(26)40-30(33-27)21-23-7-10-29(38-3)28(20-23)35-13-11-34(2)12-14-35/h4-10,19-20H,11-18,21H2,1-3H3. The van der Waals surface area contributed by atoms with Crippen molar-refractivity contribution in [1.29, 1.82) is 0 Å². The summed E-state index contributed by atoms with van der Waals surface area (Å²) >= 11 is 0. The lowest BCUT2D eigenvalue weighted by Gasteiger charge is -2.35. The molecule has 0 saturated carbocycles. The molecule has 4 aromatic rings. The lowest BCUT2D eigenvalue weighted by Crippen LogP contribution is -2.44. The third-order valence-electron chi connectivity index (χ3n) is 7.97. The van der Waals surface area contributed by atoms with Gasteiger partial charge in [0.25, 0.3) is 5.91 Å². The van der Waals surface area contributed by atoms with E-state index in [2.05, 4.69) is 35.0 Å². The van der Waals surface area contributed by atoms with Gasteiger partial charge in [0, 0.05) is 56.8 Å². The van der Waals surface area contributed by atoms with Crippen molar-refractivity contribution >= 4 is 22.7 Å². The number of methoxy groups -OCH3 is 1. The molecule has 8 heteroatoms. The minimum absolute atomic E-state index is 0.0583. The molecule has 2 saturated heterocycles. The largest absolute Gasteiger partial charge is 0.495 e. The van der Waals surface area contributed by atoms with Gasteiger partial charge in [0.05, 0.1) is 26.0 Å². The van der Waals surface area contributed by atoms with Crippen LogP contribution in [0.1, 0.15) is 27.4 Å². The molecule has 0 bridgehead atoms. The van der Waals surface area contributed by atoms with E-state index >= 15 is 0 Å². The van der Waals surface area contributed by atoms with Gasteiger partial charge in [0.1, 0.15) is 11.3 Å². The zero-order valence-corrected chi connectivity index (χ0v) is 23.5. The summed E-state index contributed by atoms with van der Waals surface area (Å²) in [4.78, 5) is 24.5. The van der Waals surface area contributed by atoms with Crippen molar-refractivity contribution in [2.45, 2.75) is 13.3 Å². The Hall–Kier alpha value is -3.88. The van der Waals surface area contributed by atoms with Crippen LogP contribution in [0.4, 0.5) is 5.69 Å². The third-order valence-corrected chi connectivity index (χ3v) is 7.97. The third kappa shape index (κ3) is 5.29. The topological polar surface area (TPSA) is 71.3 Å². The molecule has 2 aliphatic heterocycles. The maximum Gasteiger partial charge on any atom is 0.254 e. The van der Waals surface area contributed by atoms with Gasteiger partial charge < -0.3 is 28.6 Å². The predicted octanol–water partition coefficient (Wildman–Crippen LogP) is 4.63. The molecular weight excluding hydrogens is 504 g/mol. The van der Waals surface area contributed by atoms with Crippen molar-refractivity contribution in [2.24, 2.45) is 0 Å². The molecule has 6 rings (SSSR count). The van der Waals surface area contributed by atoms with Gasteiger partial charge >= 0.3 is 0 Å². The summed E-state index contributed by atoms with van der Waals surface area (Å²) in [6.07, 6.45) is 0.588. The number of oxazole rings is 1. The summed E-state index contributed by atoms with van der Waals surface area (Å²) < 4.78 is 17.5. The molecule has 0 aliphatic carbocycles. The van der Waals surface area contributed by atoms with Crippen LogP contribution in [-0.4, -0.2) is 87.3 Å². The van der Waals surface area contributed by atoms with Gasteiger partial charge in [-0.1, -0.05) is 30.3 Å². The molecule has 8 nitrogen and oxygen atoms in total. The number of aromatic nitrogens is 1. The van der Waals surface area contributed by atoms with Gasteiger partial charge in [-0.2, -0.15) is 0 Å². The minimum atomic E-state index is 0.0583. The second kappa shape index (κ2) is 11.3. The highest BCUT2D eigenvalue weighted by Gasteiger charge is 2.22. The number of ether oxygens (including phenoxy) is 2. The number of morpholine rings is 1. The number of aryl methyl sites for hydroxylation is 1. The average molecular weight is 541 g/mol. The van der Waals surface area contributed by atoms with E-state index in [-0.39, 0.29) is 5.91 Å². The van der Waals surface area contributed by atoms with Crippen molar-refractivity contribution < 1.29 is 18.7 Å². The first-order valence-electron chi connectivity index (χ1n) is 14.0. The molecule has 40 heavy (non-hydrogen) atoms. The van der Waals surface area contributed by atoms with Gasteiger partial charge in [0.2, 0.25) is 0 Å². The van der Waals surface area contributed by atoms with Crippen LogP contribution in [0.2, 0.25) is 0 Å². The Kier molecular flexibility index (Phi) is 7.45. The lowest BCUT2D eigenvalue weighted by atomic mass is 9.98. The molecule has 1 aromatic heterocycles. The summed E-state index contributed by atoms with van der Waals surface area (Å²) in [5, 5.41) is 0. The molecule has 0 N–H and O–H groups in total. The van der Waals surface area contributed by atoms with Crippen LogP contribution in [0.15, 0.2) is 59.0 Å². The molecule has 0 spiro atoms. The molecule has 3 aromatic carbocycles. The van der Waals surface area contributed by atoms with Crippen LogP contribution >= 0.6 is 0 Å². The first kappa shape index (κ1) is 26.3. The Morgan fingerprint density at radius 2 is 1.77 bits per heavy atom. The number of hydrogen-bond donors (Lipinski definition) is 0. The molecule has 208 valence electrons. The van der Waals surface area contributed by atoms with E-state index < -0.39 is 0 Å². The zero-order chi connectivity index (χ0) is 27.6. The van der Waals surface area contributed by atoms with Crippen molar-refractivity contribution in [1.82, 2.24) is 14.8 Å². The summed E-state index contributed by atoms with van der Waals surface area (Å²) in [5.74, 6) is 1.62. The van der Waals surface area contributed by atoms with Gasteiger partial charge in [-0.15, -0.1) is 0 Å². The Labute approximate surface area is 235 Å². The quantitative estimate of drug-likeness (QED) is 0.353. The Balaban J connectivity index is 1.26. The van der Waals surface area contributed by atoms with E-state index in [1.54, 1.807) is 7.11 Å². The number of benzene rings is 3. The molecule has 0 atom stereocenters. The number of para-hydroxylation sites is 1. The fraction of sp³-hybridized carbons (Fsp3) is 0.375. The summed E-state index contributed by atoms with van der Waals surface area (Å²) in [6.45, 7) is 8.43. The SMILES string of the molecule is COc1ccc(Cc2nc3cccc(-c4ccc(C(=O)N5CCOCC5)c(C)c4)c3o2)cc1N1CCN(C)CC1. The number of nitrogens with zero attached hydrogens (tertiary/aromatic N) is 4. The van der Waals surface area contributed by atoms with Crippen LogP contribution in [0, 0.1) is 6.92 Å². The number of hydrogen-bond acceptors (Lipinski definition) is 7. The van der Waals surface area contributed by atoms with Crippen molar-refractivity contribution in [2.75, 3.05) is 71.5 Å². The molecular formula is C32H36N4O4. The summed E-state index contributed by atoms with van der Waals surface area (Å²) in [6, 6.07) is 18.4. The first-order valence-corrected chi connectivity index (χ1v) is 14.0. The van der Waals surface area contributed by atoms with Gasteiger partial charge in [0.15, 0.2) is 11.5 Å². The zero-order valence-electron chi connectivity index (χ0n) is 23.5. The van der Waals surface area contributed by atoms with Crippen LogP contribution in [0.5, 0.6) is 5.75 Å². The van der Waals surface area contributed by atoms with E-state index in [0.29, 0.717) is 38.6 Å². The van der Waals surface area contributed by atoms with E-state index in [4.69, 9.17) is 18.9 Å². The maximum atomic E-state index is 13.1. The normalized spacial score (nSPS) is 16.5. The number of rotatable bonds is 6. The van der Waals surface area contributed by atoms with E-state index in [1.807, 2.05) is 48.2 Å². The molecule has 0 unspecified atom stereocenters. The number of amides is 1. The minimum Gasteiger partial charge on any atom is -0.495 e. The Morgan fingerprint density at radius 1 is 0.975 bits per heavy atom. The average Bonchev–Trinajstić information content (AvgIpc) is 3.40. The number of carbonyl (C=O) groups excluding carboxylic acids is 1. The molecule has 3 heterocycles. The monoisotopic (exact) mass is 540 g/mol. The fourth-order valence-electron chi connectivity index (χ4n) is 5.62. The molecule has 2 fully saturated rings. The lowest BCUT2D eigenvalue weighted by molar-refractivity contribution is 0.0302.